The van der Waals surface area contributed by atoms with E-state index in [-0.39, 0.29) is 6.04 Å². The van der Waals surface area contributed by atoms with Crippen molar-refractivity contribution in [3.8, 4) is 0 Å². The Labute approximate surface area is 137 Å². The zero-order valence-electron chi connectivity index (χ0n) is 13.1. The summed E-state index contributed by atoms with van der Waals surface area (Å²) in [5, 5.41) is 0. The van der Waals surface area contributed by atoms with Crippen molar-refractivity contribution >= 4 is 27.3 Å². The molecule has 0 aliphatic heterocycles. The average molecular weight is 360 g/mol. The van der Waals surface area contributed by atoms with Gasteiger partial charge in [-0.25, -0.2) is 0 Å². The summed E-state index contributed by atoms with van der Waals surface area (Å²) in [6.45, 7) is 4.44. The number of hydrogen-bond donors (Lipinski definition) is 1. The Morgan fingerprint density at radius 3 is 2.10 bits per heavy atom. The van der Waals surface area contributed by atoms with E-state index < -0.39 is 0 Å². The molecule has 1 aromatic rings. The monoisotopic (exact) mass is 359 g/mol. The first-order chi connectivity index (χ1) is 9.65. The Morgan fingerprint density at radius 2 is 1.60 bits per heavy atom. The lowest BCUT2D eigenvalue weighted by Crippen LogP contribution is -2.10. The van der Waals surface area contributed by atoms with Crippen LogP contribution in [0.4, 0.5) is 0 Å². The average Bonchev–Trinajstić information content (AvgIpc) is 2.75. The molecule has 20 heavy (non-hydrogen) atoms. The minimum atomic E-state index is 0.224. The molecule has 0 fully saturated rings. The van der Waals surface area contributed by atoms with Gasteiger partial charge >= 0.3 is 0 Å². The molecule has 116 valence electrons. The van der Waals surface area contributed by atoms with Crippen LogP contribution in [0.5, 0.6) is 0 Å². The lowest BCUT2D eigenvalue weighted by molar-refractivity contribution is 0.532. The van der Waals surface area contributed by atoms with Gasteiger partial charge in [0.25, 0.3) is 0 Å². The molecule has 1 atom stereocenters. The maximum absolute atomic E-state index is 6.29. The molecule has 1 heterocycles. The maximum atomic E-state index is 6.29. The van der Waals surface area contributed by atoms with Gasteiger partial charge in [0.05, 0.1) is 3.79 Å². The minimum absolute atomic E-state index is 0.224. The van der Waals surface area contributed by atoms with Gasteiger partial charge in [0, 0.05) is 10.9 Å². The fourth-order valence-corrected chi connectivity index (χ4v) is 4.44. The first kappa shape index (κ1) is 18.2. The van der Waals surface area contributed by atoms with Gasteiger partial charge in [0.15, 0.2) is 0 Å². The molecule has 1 aromatic heterocycles. The molecule has 0 amide bonds. The van der Waals surface area contributed by atoms with Crippen molar-refractivity contribution in [2.24, 2.45) is 5.73 Å². The van der Waals surface area contributed by atoms with Crippen LogP contribution in [-0.4, -0.2) is 0 Å². The molecule has 3 heteroatoms. The standard InChI is InChI=1S/C17H30BrNS/c1-3-4-5-6-7-8-9-10-11-12-16(19)15-13-17(18)20-14(15)2/h13,16H,3-12,19H2,1-2H3. The van der Waals surface area contributed by atoms with Gasteiger partial charge in [-0.1, -0.05) is 64.7 Å². The second kappa shape index (κ2) is 10.8. The predicted molar refractivity (Wildman–Crippen MR) is 95.5 cm³/mol. The molecule has 0 saturated heterocycles. The van der Waals surface area contributed by atoms with E-state index in [9.17, 15) is 0 Å². The quantitative estimate of drug-likeness (QED) is 0.435. The molecule has 1 unspecified atom stereocenters. The van der Waals surface area contributed by atoms with Crippen LogP contribution in [0, 0.1) is 6.92 Å². The molecule has 1 nitrogen and oxygen atoms in total. The highest BCUT2D eigenvalue weighted by Gasteiger charge is 2.11. The number of halogens is 1. The number of unbranched alkanes of at least 4 members (excludes halogenated alkanes) is 8. The first-order valence-corrected chi connectivity index (χ1v) is 9.77. The number of thiophene rings is 1. The van der Waals surface area contributed by atoms with Crippen LogP contribution in [0.15, 0.2) is 9.85 Å². The molecule has 1 rings (SSSR count). The summed E-state index contributed by atoms with van der Waals surface area (Å²) in [5.41, 5.74) is 7.63. The summed E-state index contributed by atoms with van der Waals surface area (Å²) in [7, 11) is 0. The van der Waals surface area contributed by atoms with E-state index >= 15 is 0 Å². The molecular formula is C17H30BrNS. The molecule has 0 aliphatic rings. The summed E-state index contributed by atoms with van der Waals surface area (Å²) in [5.74, 6) is 0. The third kappa shape index (κ3) is 7.24. The second-order valence-corrected chi connectivity index (χ2v) is 8.42. The Balaban J connectivity index is 2.02. The largest absolute Gasteiger partial charge is 0.324 e. The summed E-state index contributed by atoms with van der Waals surface area (Å²) < 4.78 is 1.20. The smallest absolute Gasteiger partial charge is 0.0704 e. The highest BCUT2D eigenvalue weighted by Crippen LogP contribution is 2.31. The summed E-state index contributed by atoms with van der Waals surface area (Å²) in [6, 6.07) is 2.42. The lowest BCUT2D eigenvalue weighted by atomic mass is 10.0. The van der Waals surface area contributed by atoms with Crippen molar-refractivity contribution in [3.63, 3.8) is 0 Å². The van der Waals surface area contributed by atoms with Crippen LogP contribution in [-0.2, 0) is 0 Å². The Morgan fingerprint density at radius 1 is 1.05 bits per heavy atom. The van der Waals surface area contributed by atoms with Crippen LogP contribution < -0.4 is 5.73 Å². The zero-order chi connectivity index (χ0) is 14.8. The number of rotatable bonds is 11. The normalized spacial score (nSPS) is 12.8. The van der Waals surface area contributed by atoms with Gasteiger partial charge < -0.3 is 5.73 Å². The summed E-state index contributed by atoms with van der Waals surface area (Å²) in [4.78, 5) is 1.36. The van der Waals surface area contributed by atoms with Gasteiger partial charge in [-0.2, -0.15) is 0 Å². The van der Waals surface area contributed by atoms with E-state index in [2.05, 4.69) is 35.8 Å². The Kier molecular flexibility index (Phi) is 9.83. The van der Waals surface area contributed by atoms with Crippen molar-refractivity contribution in [2.45, 2.75) is 84.1 Å². The van der Waals surface area contributed by atoms with Gasteiger partial charge in [-0.05, 0) is 40.9 Å². The lowest BCUT2D eigenvalue weighted by Gasteiger charge is -2.11. The molecule has 0 bridgehead atoms. The Bertz CT molecular complexity index is 362. The maximum Gasteiger partial charge on any atom is 0.0704 e. The fourth-order valence-electron chi connectivity index (χ4n) is 2.66. The number of nitrogens with two attached hydrogens (primary N) is 1. The van der Waals surface area contributed by atoms with E-state index in [1.54, 1.807) is 11.3 Å². The topological polar surface area (TPSA) is 26.0 Å². The van der Waals surface area contributed by atoms with Crippen LogP contribution in [0.2, 0.25) is 0 Å². The molecule has 0 spiro atoms. The molecular weight excluding hydrogens is 330 g/mol. The second-order valence-electron chi connectivity index (χ2n) is 5.79. The van der Waals surface area contributed by atoms with E-state index in [0.29, 0.717) is 0 Å². The molecule has 0 aromatic carbocycles. The van der Waals surface area contributed by atoms with Crippen molar-refractivity contribution in [3.05, 3.63) is 20.3 Å². The summed E-state index contributed by atoms with van der Waals surface area (Å²) >= 11 is 5.33. The van der Waals surface area contributed by atoms with Gasteiger partial charge in [0.1, 0.15) is 0 Å². The molecule has 0 aliphatic carbocycles. The third-order valence-electron chi connectivity index (χ3n) is 3.94. The van der Waals surface area contributed by atoms with Crippen molar-refractivity contribution in [1.82, 2.24) is 0 Å². The van der Waals surface area contributed by atoms with Gasteiger partial charge in [-0.3, -0.25) is 0 Å². The van der Waals surface area contributed by atoms with Gasteiger partial charge in [0.2, 0.25) is 0 Å². The van der Waals surface area contributed by atoms with Crippen LogP contribution >= 0.6 is 27.3 Å². The minimum Gasteiger partial charge on any atom is -0.324 e. The van der Waals surface area contributed by atoms with Crippen LogP contribution in [0.3, 0.4) is 0 Å². The van der Waals surface area contributed by atoms with E-state index in [0.717, 1.165) is 6.42 Å². The van der Waals surface area contributed by atoms with Crippen molar-refractivity contribution in [1.29, 1.82) is 0 Å². The van der Waals surface area contributed by atoms with E-state index in [1.165, 1.54) is 72.0 Å². The van der Waals surface area contributed by atoms with Crippen molar-refractivity contribution < 1.29 is 0 Å². The molecule has 2 N–H and O–H groups in total. The zero-order valence-corrected chi connectivity index (χ0v) is 15.5. The number of hydrogen-bond acceptors (Lipinski definition) is 2. The molecule has 0 radical (unpaired) electrons. The van der Waals surface area contributed by atoms with Crippen LogP contribution in [0.25, 0.3) is 0 Å². The van der Waals surface area contributed by atoms with E-state index in [1.807, 2.05) is 0 Å². The number of aryl methyl sites for hydroxylation is 1. The van der Waals surface area contributed by atoms with Gasteiger partial charge in [-0.15, -0.1) is 11.3 Å². The SMILES string of the molecule is CCCCCCCCCCCC(N)c1cc(Br)sc1C. The first-order valence-electron chi connectivity index (χ1n) is 8.16. The highest BCUT2D eigenvalue weighted by atomic mass is 79.9. The fraction of sp³-hybridized carbons (Fsp3) is 0.765. The Hall–Kier alpha value is 0.140. The third-order valence-corrected chi connectivity index (χ3v) is 5.51. The molecule has 0 saturated carbocycles. The van der Waals surface area contributed by atoms with E-state index in [4.69, 9.17) is 5.73 Å². The summed E-state index contributed by atoms with van der Waals surface area (Å²) in [6.07, 6.45) is 13.5. The highest BCUT2D eigenvalue weighted by molar-refractivity contribution is 9.11. The van der Waals surface area contributed by atoms with Crippen molar-refractivity contribution in [2.75, 3.05) is 0 Å². The predicted octanol–water partition coefficient (Wildman–Crippen LogP) is 6.74. The van der Waals surface area contributed by atoms with Crippen LogP contribution in [0.1, 0.15) is 87.6 Å².